The summed E-state index contributed by atoms with van der Waals surface area (Å²) in [7, 11) is 0. The minimum atomic E-state index is 0.198. The molecule has 0 amide bonds. The summed E-state index contributed by atoms with van der Waals surface area (Å²) >= 11 is 0. The van der Waals surface area contributed by atoms with Crippen molar-refractivity contribution in [1.82, 2.24) is 5.32 Å². The van der Waals surface area contributed by atoms with Crippen LogP contribution in [0.2, 0.25) is 0 Å². The highest BCUT2D eigenvalue weighted by atomic mass is 14.9. The van der Waals surface area contributed by atoms with Crippen LogP contribution in [0.25, 0.3) is 0 Å². The molecule has 2 heteroatoms. The zero-order chi connectivity index (χ0) is 9.10. The third-order valence-electron chi connectivity index (χ3n) is 3.19. The van der Waals surface area contributed by atoms with Crippen molar-refractivity contribution in [2.24, 2.45) is 11.8 Å². The second kappa shape index (κ2) is 3.93. The quantitative estimate of drug-likeness (QED) is 0.572. The number of nitrogens with one attached hydrogen (secondary N) is 1. The van der Waals surface area contributed by atoms with Gasteiger partial charge in [0.2, 0.25) is 0 Å². The molecule has 1 aliphatic carbocycles. The van der Waals surface area contributed by atoms with Crippen LogP contribution in [0.1, 0.15) is 25.7 Å². The Balaban J connectivity index is 2.12. The van der Waals surface area contributed by atoms with Gasteiger partial charge in [0.25, 0.3) is 0 Å². The Morgan fingerprint density at radius 3 is 3.08 bits per heavy atom. The number of nitriles is 1. The summed E-state index contributed by atoms with van der Waals surface area (Å²) < 4.78 is 0. The molecule has 2 aliphatic rings. The fraction of sp³-hybridized carbons (Fsp3) is 0.727. The van der Waals surface area contributed by atoms with E-state index in [2.05, 4.69) is 17.5 Å². The molecule has 1 N–H and O–H groups in total. The van der Waals surface area contributed by atoms with E-state index >= 15 is 0 Å². The molecule has 0 aromatic rings. The monoisotopic (exact) mass is 176 g/mol. The van der Waals surface area contributed by atoms with E-state index in [1.807, 2.05) is 0 Å². The topological polar surface area (TPSA) is 35.8 Å². The van der Waals surface area contributed by atoms with E-state index in [0.717, 1.165) is 31.8 Å². The number of allylic oxidation sites excluding steroid dienone is 1. The maximum absolute atomic E-state index is 8.84. The van der Waals surface area contributed by atoms with Crippen LogP contribution < -0.4 is 5.32 Å². The molecule has 70 valence electrons. The molecule has 1 saturated heterocycles. The molecule has 2 rings (SSSR count). The van der Waals surface area contributed by atoms with Crippen molar-refractivity contribution < 1.29 is 0 Å². The number of rotatable bonds is 0. The molecule has 0 saturated carbocycles. The number of hydrogen-bond donors (Lipinski definition) is 1. The maximum atomic E-state index is 8.84. The van der Waals surface area contributed by atoms with Crippen LogP contribution in [-0.2, 0) is 0 Å². The molecular formula is C11H16N2. The van der Waals surface area contributed by atoms with Gasteiger partial charge >= 0.3 is 0 Å². The van der Waals surface area contributed by atoms with Crippen LogP contribution in [0.4, 0.5) is 0 Å². The predicted molar refractivity (Wildman–Crippen MR) is 52.0 cm³/mol. The van der Waals surface area contributed by atoms with Gasteiger partial charge in [-0.05, 0) is 44.7 Å². The zero-order valence-corrected chi connectivity index (χ0v) is 7.92. The third kappa shape index (κ3) is 1.92. The number of fused-ring (bicyclic) bond motifs is 1. The zero-order valence-electron chi connectivity index (χ0n) is 7.92. The Hall–Kier alpha value is -0.810. The maximum Gasteiger partial charge on any atom is 0.0697 e. The highest BCUT2D eigenvalue weighted by Crippen LogP contribution is 2.32. The molecule has 2 unspecified atom stereocenters. The molecule has 0 aromatic carbocycles. The molecule has 1 heterocycles. The SMILES string of the molecule is N#CC1C=C2CCNCCC2CC1. The Bertz CT molecular complexity index is 249. The lowest BCUT2D eigenvalue weighted by molar-refractivity contribution is 0.453. The molecule has 0 spiro atoms. The van der Waals surface area contributed by atoms with Crippen LogP contribution in [0, 0.1) is 23.2 Å². The Morgan fingerprint density at radius 2 is 2.23 bits per heavy atom. The second-order valence-electron chi connectivity index (χ2n) is 4.04. The van der Waals surface area contributed by atoms with Crippen molar-refractivity contribution >= 4 is 0 Å². The molecule has 0 bridgehead atoms. The molecule has 0 aromatic heterocycles. The van der Waals surface area contributed by atoms with E-state index in [0.29, 0.717) is 0 Å². The first kappa shape index (κ1) is 8.77. The van der Waals surface area contributed by atoms with Gasteiger partial charge in [0.15, 0.2) is 0 Å². The van der Waals surface area contributed by atoms with Gasteiger partial charge in [-0.2, -0.15) is 5.26 Å². The van der Waals surface area contributed by atoms with Crippen LogP contribution in [0.3, 0.4) is 0 Å². The van der Waals surface area contributed by atoms with Crippen molar-refractivity contribution in [1.29, 1.82) is 5.26 Å². The first-order valence-electron chi connectivity index (χ1n) is 5.21. The summed E-state index contributed by atoms with van der Waals surface area (Å²) in [5.74, 6) is 0.976. The van der Waals surface area contributed by atoms with Gasteiger partial charge < -0.3 is 5.32 Å². The molecule has 2 nitrogen and oxygen atoms in total. The fourth-order valence-electron chi connectivity index (χ4n) is 2.40. The summed E-state index contributed by atoms with van der Waals surface area (Å²) in [4.78, 5) is 0. The second-order valence-corrected chi connectivity index (χ2v) is 4.04. The van der Waals surface area contributed by atoms with Gasteiger partial charge in [-0.15, -0.1) is 0 Å². The van der Waals surface area contributed by atoms with E-state index in [-0.39, 0.29) is 5.92 Å². The first-order valence-corrected chi connectivity index (χ1v) is 5.21. The number of nitrogens with zero attached hydrogens (tertiary/aromatic N) is 1. The Kier molecular flexibility index (Phi) is 2.65. The summed E-state index contributed by atoms with van der Waals surface area (Å²) in [6.07, 6.45) is 6.95. The van der Waals surface area contributed by atoms with E-state index in [9.17, 15) is 0 Å². The summed E-state index contributed by atoms with van der Waals surface area (Å²) in [6, 6.07) is 2.36. The summed E-state index contributed by atoms with van der Waals surface area (Å²) in [5.41, 5.74) is 1.54. The molecule has 13 heavy (non-hydrogen) atoms. The van der Waals surface area contributed by atoms with Gasteiger partial charge in [-0.3, -0.25) is 0 Å². The minimum Gasteiger partial charge on any atom is -0.316 e. The van der Waals surface area contributed by atoms with E-state index in [4.69, 9.17) is 5.26 Å². The minimum absolute atomic E-state index is 0.198. The Labute approximate surface area is 79.6 Å². The lowest BCUT2D eigenvalue weighted by atomic mass is 9.80. The lowest BCUT2D eigenvalue weighted by Gasteiger charge is -2.24. The van der Waals surface area contributed by atoms with Gasteiger partial charge in [-0.25, -0.2) is 0 Å². The largest absolute Gasteiger partial charge is 0.316 e. The van der Waals surface area contributed by atoms with Gasteiger partial charge in [-0.1, -0.05) is 11.6 Å². The van der Waals surface area contributed by atoms with Crippen molar-refractivity contribution in [3.63, 3.8) is 0 Å². The van der Waals surface area contributed by atoms with E-state index in [1.165, 1.54) is 12.8 Å². The standard InChI is InChI=1S/C11H16N2/c12-8-9-1-2-10-3-5-13-6-4-11(10)7-9/h7,9-10,13H,1-6H2. The van der Waals surface area contributed by atoms with Crippen molar-refractivity contribution in [3.05, 3.63) is 11.6 Å². The highest BCUT2D eigenvalue weighted by molar-refractivity contribution is 5.17. The number of hydrogen-bond acceptors (Lipinski definition) is 2. The van der Waals surface area contributed by atoms with E-state index in [1.54, 1.807) is 5.57 Å². The van der Waals surface area contributed by atoms with Crippen LogP contribution in [0.5, 0.6) is 0 Å². The summed E-state index contributed by atoms with van der Waals surface area (Å²) in [6.45, 7) is 2.25. The van der Waals surface area contributed by atoms with Crippen LogP contribution >= 0.6 is 0 Å². The fourth-order valence-corrected chi connectivity index (χ4v) is 2.40. The lowest BCUT2D eigenvalue weighted by Crippen LogP contribution is -2.14. The van der Waals surface area contributed by atoms with Crippen LogP contribution in [0.15, 0.2) is 11.6 Å². The highest BCUT2D eigenvalue weighted by Gasteiger charge is 2.23. The van der Waals surface area contributed by atoms with Gasteiger partial charge in [0.1, 0.15) is 0 Å². The smallest absolute Gasteiger partial charge is 0.0697 e. The molecule has 1 fully saturated rings. The Morgan fingerprint density at radius 1 is 1.31 bits per heavy atom. The van der Waals surface area contributed by atoms with Crippen LogP contribution in [-0.4, -0.2) is 13.1 Å². The predicted octanol–water partition coefficient (Wildman–Crippen LogP) is 1.85. The van der Waals surface area contributed by atoms with Crippen molar-refractivity contribution in [2.75, 3.05) is 13.1 Å². The molecular weight excluding hydrogens is 160 g/mol. The average Bonchev–Trinajstić information content (AvgIpc) is 2.41. The molecule has 0 radical (unpaired) electrons. The van der Waals surface area contributed by atoms with Gasteiger partial charge in [0.05, 0.1) is 12.0 Å². The van der Waals surface area contributed by atoms with E-state index < -0.39 is 0 Å². The average molecular weight is 176 g/mol. The van der Waals surface area contributed by atoms with Gasteiger partial charge in [0, 0.05) is 0 Å². The van der Waals surface area contributed by atoms with Crippen molar-refractivity contribution in [2.45, 2.75) is 25.7 Å². The third-order valence-corrected chi connectivity index (χ3v) is 3.19. The summed E-state index contributed by atoms with van der Waals surface area (Å²) in [5, 5.41) is 12.3. The van der Waals surface area contributed by atoms with Crippen molar-refractivity contribution in [3.8, 4) is 6.07 Å². The first-order chi connectivity index (χ1) is 6.40. The molecule has 1 aliphatic heterocycles. The normalized spacial score (nSPS) is 33.9. The molecule has 2 atom stereocenters.